The van der Waals surface area contributed by atoms with E-state index in [0.717, 1.165) is 70.6 Å². The fourth-order valence-corrected chi connectivity index (χ4v) is 7.34. The highest BCUT2D eigenvalue weighted by molar-refractivity contribution is 5.73. The number of hydrogen-bond acceptors (Lipinski definition) is 10. The number of esters is 2. The summed E-state index contributed by atoms with van der Waals surface area (Å²) in [5, 5.41) is 39.9. The van der Waals surface area contributed by atoms with Crippen molar-refractivity contribution in [3.05, 3.63) is 48.6 Å². The number of allylic oxidation sites excluding steroid dienone is 8. The summed E-state index contributed by atoms with van der Waals surface area (Å²) in [5.41, 5.74) is 0. The van der Waals surface area contributed by atoms with Crippen LogP contribution in [0.25, 0.3) is 0 Å². The number of ether oxygens (including phenoxy) is 4. The lowest BCUT2D eigenvalue weighted by Gasteiger charge is -2.38. The average Bonchev–Trinajstić information content (AvgIpc) is 3.26. The Balaban J connectivity index is 2.33. The van der Waals surface area contributed by atoms with Crippen molar-refractivity contribution in [2.75, 3.05) is 13.2 Å². The van der Waals surface area contributed by atoms with Crippen LogP contribution in [0.5, 0.6) is 0 Å². The first kappa shape index (κ1) is 57.2. The van der Waals surface area contributed by atoms with Gasteiger partial charge >= 0.3 is 17.9 Å². The molecule has 0 amide bonds. The molecule has 0 spiro atoms. The Bertz CT molecular complexity index is 1210. The maximum atomic E-state index is 12.8. The summed E-state index contributed by atoms with van der Waals surface area (Å²) in [5.74, 6) is -2.47. The van der Waals surface area contributed by atoms with Gasteiger partial charge in [0.2, 0.25) is 0 Å². The van der Waals surface area contributed by atoms with Gasteiger partial charge in [-0.2, -0.15) is 0 Å². The normalized spacial score (nSPS) is 19.9. The van der Waals surface area contributed by atoms with Gasteiger partial charge < -0.3 is 39.4 Å². The second-order valence-electron chi connectivity index (χ2n) is 16.9. The molecule has 0 aliphatic carbocycles. The molecule has 0 aromatic rings. The summed E-state index contributed by atoms with van der Waals surface area (Å²) in [4.78, 5) is 36.9. The SMILES string of the molecule is CC/C=C\C/C=C\C/C=C\C/C=C\CCCCCCC(=O)OCC(COC1OC(C(=O)O)C(O)C(O)C1O)OC(=O)CCCCCCCCCCCCCCCCCCCCC. The van der Waals surface area contributed by atoms with E-state index in [9.17, 15) is 34.8 Å². The Labute approximate surface area is 375 Å². The van der Waals surface area contributed by atoms with E-state index in [1.54, 1.807) is 0 Å². The molecule has 0 radical (unpaired) electrons. The third-order valence-corrected chi connectivity index (χ3v) is 11.2. The van der Waals surface area contributed by atoms with Crippen LogP contribution in [0.15, 0.2) is 48.6 Å². The molecular weight excluding hydrogens is 789 g/mol. The van der Waals surface area contributed by atoms with Crippen LogP contribution in [-0.2, 0) is 33.3 Å². The molecule has 0 saturated carbocycles. The lowest BCUT2D eigenvalue weighted by molar-refractivity contribution is -0.298. The molecule has 62 heavy (non-hydrogen) atoms. The Hall–Kier alpha value is -2.83. The third kappa shape index (κ3) is 31.9. The van der Waals surface area contributed by atoms with E-state index in [4.69, 9.17) is 18.9 Å². The van der Waals surface area contributed by atoms with Gasteiger partial charge in [0, 0.05) is 12.8 Å². The van der Waals surface area contributed by atoms with Gasteiger partial charge in [-0.25, -0.2) is 4.79 Å². The molecule has 6 unspecified atom stereocenters. The summed E-state index contributed by atoms with van der Waals surface area (Å²) in [7, 11) is 0. The number of aliphatic hydroxyl groups excluding tert-OH is 3. The molecule has 0 aromatic carbocycles. The van der Waals surface area contributed by atoms with Crippen molar-refractivity contribution in [2.24, 2.45) is 0 Å². The largest absolute Gasteiger partial charge is 0.479 e. The van der Waals surface area contributed by atoms with Crippen molar-refractivity contribution < 1.29 is 53.8 Å². The molecule has 6 atom stereocenters. The number of rotatable bonds is 41. The molecule has 1 fully saturated rings. The Morgan fingerprint density at radius 2 is 0.952 bits per heavy atom. The molecule has 1 aliphatic heterocycles. The molecule has 1 saturated heterocycles. The van der Waals surface area contributed by atoms with Gasteiger partial charge in [0.15, 0.2) is 18.5 Å². The summed E-state index contributed by atoms with van der Waals surface area (Å²) in [6.07, 6.45) is 40.2. The van der Waals surface area contributed by atoms with Gasteiger partial charge in [-0.05, 0) is 51.4 Å². The van der Waals surface area contributed by atoms with Crippen molar-refractivity contribution in [1.82, 2.24) is 0 Å². The number of carboxylic acid groups (broad SMARTS) is 1. The van der Waals surface area contributed by atoms with Gasteiger partial charge in [0.1, 0.15) is 24.9 Å². The predicted octanol–water partition coefficient (Wildman–Crippen LogP) is 11.3. The van der Waals surface area contributed by atoms with Crippen molar-refractivity contribution in [2.45, 2.75) is 243 Å². The van der Waals surface area contributed by atoms with Crippen LogP contribution < -0.4 is 0 Å². The van der Waals surface area contributed by atoms with E-state index in [1.165, 1.54) is 96.3 Å². The summed E-state index contributed by atoms with van der Waals surface area (Å²) < 4.78 is 21.8. The van der Waals surface area contributed by atoms with Crippen LogP contribution in [0.4, 0.5) is 0 Å². The number of carbonyl (C=O) groups is 3. The van der Waals surface area contributed by atoms with Crippen LogP contribution >= 0.6 is 0 Å². The zero-order chi connectivity index (χ0) is 45.3. The molecule has 1 aliphatic rings. The molecular formula is C51H88O11. The van der Waals surface area contributed by atoms with Crippen molar-refractivity contribution in [1.29, 1.82) is 0 Å². The molecule has 11 nitrogen and oxygen atoms in total. The minimum Gasteiger partial charge on any atom is -0.479 e. The minimum absolute atomic E-state index is 0.179. The predicted molar refractivity (Wildman–Crippen MR) is 248 cm³/mol. The highest BCUT2D eigenvalue weighted by Crippen LogP contribution is 2.23. The fourth-order valence-electron chi connectivity index (χ4n) is 7.34. The third-order valence-electron chi connectivity index (χ3n) is 11.2. The maximum Gasteiger partial charge on any atom is 0.335 e. The zero-order valence-electron chi connectivity index (χ0n) is 38.9. The highest BCUT2D eigenvalue weighted by Gasteiger charge is 2.47. The second-order valence-corrected chi connectivity index (χ2v) is 16.9. The van der Waals surface area contributed by atoms with Gasteiger partial charge in [-0.1, -0.05) is 191 Å². The van der Waals surface area contributed by atoms with E-state index >= 15 is 0 Å². The monoisotopic (exact) mass is 877 g/mol. The van der Waals surface area contributed by atoms with E-state index in [0.29, 0.717) is 12.8 Å². The van der Waals surface area contributed by atoms with Crippen LogP contribution in [0.3, 0.4) is 0 Å². The quantitative estimate of drug-likeness (QED) is 0.0262. The number of unbranched alkanes of at least 4 members (excludes halogenated alkanes) is 22. The standard InChI is InChI=1S/C51H88O11/c1-3-5-7-9-11-13-15-17-19-21-22-24-26-28-30-32-34-36-38-40-45(53)61-43(42-60-51-48(56)46(54)47(55)49(62-51)50(57)58)41-59-44(52)39-37-35-33-31-29-27-25-23-20-18-16-14-12-10-8-6-4-2/h6,8,12,14,18,20,25,27,43,46-49,51,54-56H,3-5,7,9-11,13,15-17,19,21-24,26,28-42H2,1-2H3,(H,57,58)/b8-6-,14-12-,20-18-,27-25-. The summed E-state index contributed by atoms with van der Waals surface area (Å²) in [6, 6.07) is 0. The Morgan fingerprint density at radius 1 is 0.516 bits per heavy atom. The molecule has 1 heterocycles. The van der Waals surface area contributed by atoms with Crippen LogP contribution in [0.1, 0.15) is 206 Å². The van der Waals surface area contributed by atoms with Gasteiger partial charge in [-0.3, -0.25) is 9.59 Å². The summed E-state index contributed by atoms with van der Waals surface area (Å²) in [6.45, 7) is 3.70. The van der Waals surface area contributed by atoms with E-state index in [-0.39, 0.29) is 19.4 Å². The Kier molecular flexibility index (Phi) is 37.7. The first-order chi connectivity index (χ1) is 30.2. The molecule has 1 rings (SSSR count). The molecule has 0 aromatic heterocycles. The zero-order valence-corrected chi connectivity index (χ0v) is 38.9. The fraction of sp³-hybridized carbons (Fsp3) is 0.784. The number of hydrogen-bond donors (Lipinski definition) is 4. The average molecular weight is 877 g/mol. The minimum atomic E-state index is -1.86. The molecule has 4 N–H and O–H groups in total. The lowest BCUT2D eigenvalue weighted by Crippen LogP contribution is -2.60. The second kappa shape index (κ2) is 40.9. The highest BCUT2D eigenvalue weighted by atomic mass is 16.7. The van der Waals surface area contributed by atoms with E-state index < -0.39 is 61.3 Å². The van der Waals surface area contributed by atoms with E-state index in [2.05, 4.69) is 62.5 Å². The molecule has 358 valence electrons. The van der Waals surface area contributed by atoms with E-state index in [1.807, 2.05) is 0 Å². The van der Waals surface area contributed by atoms with Gasteiger partial charge in [0.25, 0.3) is 0 Å². The van der Waals surface area contributed by atoms with Gasteiger partial charge in [-0.15, -0.1) is 0 Å². The number of carbonyl (C=O) groups excluding carboxylic acids is 2. The Morgan fingerprint density at radius 3 is 1.44 bits per heavy atom. The maximum absolute atomic E-state index is 12.8. The first-order valence-electron chi connectivity index (χ1n) is 24.7. The molecule has 11 heteroatoms. The smallest absolute Gasteiger partial charge is 0.335 e. The topological polar surface area (TPSA) is 169 Å². The molecule has 0 bridgehead atoms. The van der Waals surface area contributed by atoms with Gasteiger partial charge in [0.05, 0.1) is 6.61 Å². The summed E-state index contributed by atoms with van der Waals surface area (Å²) >= 11 is 0. The first-order valence-corrected chi connectivity index (χ1v) is 24.7. The van der Waals surface area contributed by atoms with Crippen molar-refractivity contribution in [3.63, 3.8) is 0 Å². The number of carboxylic acids is 1. The van der Waals surface area contributed by atoms with Crippen LogP contribution in [0, 0.1) is 0 Å². The van der Waals surface area contributed by atoms with Crippen molar-refractivity contribution >= 4 is 17.9 Å². The number of aliphatic carboxylic acids is 1. The number of aliphatic hydroxyl groups is 3. The van der Waals surface area contributed by atoms with Crippen LogP contribution in [0.2, 0.25) is 0 Å². The van der Waals surface area contributed by atoms with Crippen LogP contribution in [-0.4, -0.2) is 88.4 Å². The van der Waals surface area contributed by atoms with Crippen molar-refractivity contribution in [3.8, 4) is 0 Å². The lowest BCUT2D eigenvalue weighted by atomic mass is 9.99.